The summed E-state index contributed by atoms with van der Waals surface area (Å²) in [6.07, 6.45) is 21.7. The number of unbranched alkanes of at least 4 members (excludes halogenated alkanes) is 7. The number of anilines is 1. The first-order valence-corrected chi connectivity index (χ1v) is 17.4. The molecule has 0 saturated carbocycles. The van der Waals surface area contributed by atoms with Gasteiger partial charge in [0, 0.05) is 41.7 Å². The third-order valence-electron chi connectivity index (χ3n) is 9.22. The SMILES string of the molecule is C=CCCC(C)N(C)Cc1c(C=O)cccc1NC(=C)COCCCCCCCCCCc1ccc2c(c1)C(NC=C)CCC2. The van der Waals surface area contributed by atoms with Crippen molar-refractivity contribution in [1.29, 1.82) is 0 Å². The number of carbonyl (C=O) groups excluding carboxylic acids is 1. The van der Waals surface area contributed by atoms with E-state index in [2.05, 4.69) is 67.4 Å². The Hall–Kier alpha value is -3.15. The monoisotopic (exact) mass is 613 g/mol. The van der Waals surface area contributed by atoms with Crippen LogP contribution in [0.1, 0.15) is 123 Å². The molecule has 5 nitrogen and oxygen atoms in total. The second-order valence-electron chi connectivity index (χ2n) is 12.8. The molecule has 2 N–H and O–H groups in total. The molecule has 2 unspecified atom stereocenters. The Morgan fingerprint density at radius 3 is 2.56 bits per heavy atom. The second-order valence-corrected chi connectivity index (χ2v) is 12.8. The van der Waals surface area contributed by atoms with Gasteiger partial charge in [0.15, 0.2) is 0 Å². The molecule has 2 aromatic carbocycles. The van der Waals surface area contributed by atoms with Gasteiger partial charge in [0.2, 0.25) is 0 Å². The van der Waals surface area contributed by atoms with Gasteiger partial charge >= 0.3 is 0 Å². The van der Waals surface area contributed by atoms with Crippen LogP contribution in [-0.4, -0.2) is 37.5 Å². The molecule has 0 saturated heterocycles. The number of rotatable bonds is 24. The van der Waals surface area contributed by atoms with Crippen LogP contribution in [0, 0.1) is 0 Å². The van der Waals surface area contributed by atoms with Crippen molar-refractivity contribution in [2.45, 2.75) is 115 Å². The van der Waals surface area contributed by atoms with Gasteiger partial charge in [0.25, 0.3) is 0 Å². The average molecular weight is 614 g/mol. The fraction of sp³-hybridized carbons (Fsp3) is 0.525. The van der Waals surface area contributed by atoms with Gasteiger partial charge in [-0.1, -0.05) is 88.1 Å². The van der Waals surface area contributed by atoms with Crippen LogP contribution in [0.4, 0.5) is 5.69 Å². The number of aryl methyl sites for hydroxylation is 2. The van der Waals surface area contributed by atoms with Crippen molar-refractivity contribution >= 4 is 12.0 Å². The van der Waals surface area contributed by atoms with Crippen molar-refractivity contribution < 1.29 is 9.53 Å². The molecule has 0 aliphatic heterocycles. The number of nitrogens with one attached hydrogen (secondary N) is 2. The van der Waals surface area contributed by atoms with Crippen molar-refractivity contribution in [3.63, 3.8) is 0 Å². The van der Waals surface area contributed by atoms with Gasteiger partial charge in [-0.05, 0) is 94.3 Å². The van der Waals surface area contributed by atoms with E-state index in [1.165, 1.54) is 87.3 Å². The number of benzene rings is 2. The quantitative estimate of drug-likeness (QED) is 0.0701. The summed E-state index contributed by atoms with van der Waals surface area (Å²) < 4.78 is 5.92. The van der Waals surface area contributed by atoms with Crippen LogP contribution in [0.3, 0.4) is 0 Å². The van der Waals surface area contributed by atoms with Gasteiger partial charge in [0.05, 0.1) is 12.6 Å². The molecule has 0 radical (unpaired) electrons. The standard InChI is InChI=1S/C40H59N3O2/c1-6-8-19-33(4)43(5)29-38-36(30-44)22-18-24-40(38)42-32(3)31-45-27-16-14-12-10-9-11-13-15-20-34-25-26-35-21-17-23-39(41-7-2)37(35)28-34/h6-7,18,22,24-26,28,30,33,39,41-42H,1-3,8-17,19-21,23,27,29,31H2,4-5H3. The Labute approximate surface area is 274 Å². The molecular formula is C40H59N3O2. The minimum atomic E-state index is 0.390. The Balaban J connectivity index is 1.24. The number of fused-ring (bicyclic) bond motifs is 1. The number of aldehydes is 1. The maximum Gasteiger partial charge on any atom is 0.150 e. The highest BCUT2D eigenvalue weighted by molar-refractivity contribution is 5.81. The molecule has 3 rings (SSSR count). The average Bonchev–Trinajstić information content (AvgIpc) is 3.05. The van der Waals surface area contributed by atoms with Gasteiger partial charge in [-0.2, -0.15) is 0 Å². The zero-order chi connectivity index (χ0) is 32.3. The minimum absolute atomic E-state index is 0.390. The molecule has 0 amide bonds. The van der Waals surface area contributed by atoms with Gasteiger partial charge in [0.1, 0.15) is 6.29 Å². The zero-order valence-electron chi connectivity index (χ0n) is 28.3. The first-order chi connectivity index (χ1) is 22.0. The van der Waals surface area contributed by atoms with E-state index in [0.29, 0.717) is 30.8 Å². The Kier molecular flexibility index (Phi) is 16.8. The third-order valence-corrected chi connectivity index (χ3v) is 9.22. The number of nitrogens with zero attached hydrogens (tertiary/aromatic N) is 1. The molecule has 45 heavy (non-hydrogen) atoms. The van der Waals surface area contributed by atoms with Crippen LogP contribution >= 0.6 is 0 Å². The van der Waals surface area contributed by atoms with Crippen molar-refractivity contribution in [2.75, 3.05) is 25.6 Å². The highest BCUT2D eigenvalue weighted by atomic mass is 16.5. The first kappa shape index (κ1) is 36.3. The van der Waals surface area contributed by atoms with E-state index >= 15 is 0 Å². The summed E-state index contributed by atoms with van der Waals surface area (Å²) in [6.45, 7) is 16.0. The Morgan fingerprint density at radius 2 is 1.82 bits per heavy atom. The molecule has 0 spiro atoms. The van der Waals surface area contributed by atoms with Crippen LogP contribution in [0.2, 0.25) is 0 Å². The minimum Gasteiger partial charge on any atom is -0.385 e. The van der Waals surface area contributed by atoms with Crippen LogP contribution in [0.15, 0.2) is 74.1 Å². The summed E-state index contributed by atoms with van der Waals surface area (Å²) in [7, 11) is 2.10. The number of allylic oxidation sites excluding steroid dienone is 1. The number of hydrogen-bond acceptors (Lipinski definition) is 5. The van der Waals surface area contributed by atoms with Gasteiger partial charge in [-0.3, -0.25) is 9.69 Å². The van der Waals surface area contributed by atoms with E-state index < -0.39 is 0 Å². The second kappa shape index (κ2) is 20.8. The lowest BCUT2D eigenvalue weighted by atomic mass is 9.86. The molecule has 246 valence electrons. The number of carbonyl (C=O) groups is 1. The number of ether oxygens (including phenoxy) is 1. The summed E-state index contributed by atoms with van der Waals surface area (Å²) in [5, 5.41) is 6.86. The van der Waals surface area contributed by atoms with Crippen LogP contribution in [-0.2, 0) is 24.1 Å². The highest BCUT2D eigenvalue weighted by Crippen LogP contribution is 2.31. The maximum atomic E-state index is 11.8. The molecule has 0 heterocycles. The molecule has 0 aromatic heterocycles. The van der Waals surface area contributed by atoms with Crippen molar-refractivity contribution in [2.24, 2.45) is 0 Å². The smallest absolute Gasteiger partial charge is 0.150 e. The molecule has 2 atom stereocenters. The lowest BCUT2D eigenvalue weighted by Gasteiger charge is -2.26. The van der Waals surface area contributed by atoms with Crippen molar-refractivity contribution in [3.05, 3.63) is 102 Å². The largest absolute Gasteiger partial charge is 0.385 e. The predicted molar refractivity (Wildman–Crippen MR) is 192 cm³/mol. The summed E-state index contributed by atoms with van der Waals surface area (Å²) in [5.74, 6) is 0. The maximum absolute atomic E-state index is 11.8. The molecular weight excluding hydrogens is 554 g/mol. The van der Waals surface area contributed by atoms with E-state index in [1.54, 1.807) is 0 Å². The molecule has 0 fully saturated rings. The fourth-order valence-electron chi connectivity index (χ4n) is 6.33. The summed E-state index contributed by atoms with van der Waals surface area (Å²) in [4.78, 5) is 14.1. The molecule has 1 aliphatic rings. The number of hydrogen-bond donors (Lipinski definition) is 2. The molecule has 1 aliphatic carbocycles. The van der Waals surface area contributed by atoms with E-state index in [0.717, 1.165) is 49.1 Å². The zero-order valence-corrected chi connectivity index (χ0v) is 28.3. The first-order valence-electron chi connectivity index (χ1n) is 17.4. The summed E-state index contributed by atoms with van der Waals surface area (Å²) in [6, 6.07) is 13.8. The van der Waals surface area contributed by atoms with Crippen LogP contribution < -0.4 is 10.6 Å². The van der Waals surface area contributed by atoms with E-state index in [-0.39, 0.29) is 0 Å². The predicted octanol–water partition coefficient (Wildman–Crippen LogP) is 9.70. The lowest BCUT2D eigenvalue weighted by molar-refractivity contribution is 0.112. The Morgan fingerprint density at radius 1 is 1.07 bits per heavy atom. The molecule has 0 bridgehead atoms. The van der Waals surface area contributed by atoms with E-state index in [9.17, 15) is 4.79 Å². The third kappa shape index (κ3) is 12.6. The van der Waals surface area contributed by atoms with Crippen molar-refractivity contribution in [1.82, 2.24) is 10.2 Å². The molecule has 2 aromatic rings. The molecule has 5 heteroatoms. The van der Waals surface area contributed by atoms with Crippen LogP contribution in [0.5, 0.6) is 0 Å². The fourth-order valence-corrected chi connectivity index (χ4v) is 6.33. The van der Waals surface area contributed by atoms with E-state index in [1.807, 2.05) is 30.5 Å². The highest BCUT2D eigenvalue weighted by Gasteiger charge is 2.19. The lowest BCUT2D eigenvalue weighted by Crippen LogP contribution is -2.29. The normalized spacial score (nSPS) is 14.9. The Bertz CT molecular complexity index is 1210. The van der Waals surface area contributed by atoms with Gasteiger partial charge < -0.3 is 15.4 Å². The van der Waals surface area contributed by atoms with Crippen molar-refractivity contribution in [3.8, 4) is 0 Å². The van der Waals surface area contributed by atoms with Crippen LogP contribution in [0.25, 0.3) is 0 Å². The topological polar surface area (TPSA) is 53.6 Å². The summed E-state index contributed by atoms with van der Waals surface area (Å²) >= 11 is 0. The summed E-state index contributed by atoms with van der Waals surface area (Å²) in [5.41, 5.74) is 7.92. The van der Waals surface area contributed by atoms with Gasteiger partial charge in [-0.25, -0.2) is 0 Å². The van der Waals surface area contributed by atoms with E-state index in [4.69, 9.17) is 4.74 Å². The van der Waals surface area contributed by atoms with Gasteiger partial charge in [-0.15, -0.1) is 6.58 Å².